The molecule has 0 aliphatic rings. The summed E-state index contributed by atoms with van der Waals surface area (Å²) in [5, 5.41) is 0.519. The van der Waals surface area contributed by atoms with Crippen LogP contribution in [0.25, 0.3) is 27.8 Å². The lowest BCUT2D eigenvalue weighted by Crippen LogP contribution is -2.07. The smallest absolute Gasteiger partial charge is 0.260 e. The average Bonchev–Trinajstić information content (AvgIpc) is 2.97. The van der Waals surface area contributed by atoms with Crippen molar-refractivity contribution in [1.82, 2.24) is 14.5 Å². The molecule has 1 N–H and O–H groups in total. The molecular weight excluding hydrogens is 305 g/mol. The van der Waals surface area contributed by atoms with Crippen molar-refractivity contribution < 1.29 is 4.39 Å². The van der Waals surface area contributed by atoms with Crippen LogP contribution in [0.1, 0.15) is 5.56 Å². The van der Waals surface area contributed by atoms with Gasteiger partial charge in [0.2, 0.25) is 0 Å². The first-order valence-electron chi connectivity index (χ1n) is 7.55. The van der Waals surface area contributed by atoms with Gasteiger partial charge in [-0.3, -0.25) is 4.79 Å². The number of benzene rings is 2. The van der Waals surface area contributed by atoms with Crippen LogP contribution in [0.2, 0.25) is 0 Å². The van der Waals surface area contributed by atoms with Gasteiger partial charge in [0, 0.05) is 17.4 Å². The first-order valence-corrected chi connectivity index (χ1v) is 7.55. The lowest BCUT2D eigenvalue weighted by Gasteiger charge is -2.03. The van der Waals surface area contributed by atoms with E-state index in [1.165, 1.54) is 18.5 Å². The molecule has 24 heavy (non-hydrogen) atoms. The number of aromatic nitrogens is 3. The summed E-state index contributed by atoms with van der Waals surface area (Å²) in [5.74, 6) is -0.306. The molecule has 0 bridgehead atoms. The van der Waals surface area contributed by atoms with Gasteiger partial charge in [0.05, 0.1) is 11.7 Å². The van der Waals surface area contributed by atoms with Crippen LogP contribution in [0, 0.1) is 12.7 Å². The highest BCUT2D eigenvalue weighted by Crippen LogP contribution is 2.29. The van der Waals surface area contributed by atoms with Crippen LogP contribution in [0.4, 0.5) is 4.39 Å². The topological polar surface area (TPSA) is 50.7 Å². The van der Waals surface area contributed by atoms with Gasteiger partial charge >= 0.3 is 0 Å². The summed E-state index contributed by atoms with van der Waals surface area (Å²) in [6.45, 7) is 2.01. The average molecular weight is 319 g/mol. The van der Waals surface area contributed by atoms with Crippen molar-refractivity contribution in [2.75, 3.05) is 0 Å². The largest absolute Gasteiger partial charge is 0.312 e. The van der Waals surface area contributed by atoms with Gasteiger partial charge in [-0.05, 0) is 36.8 Å². The van der Waals surface area contributed by atoms with Crippen molar-refractivity contribution in [3.63, 3.8) is 0 Å². The second-order valence-electron chi connectivity index (χ2n) is 5.69. The molecule has 0 aliphatic heterocycles. The molecule has 5 heteroatoms. The number of H-pyrrole nitrogens is 1. The summed E-state index contributed by atoms with van der Waals surface area (Å²) < 4.78 is 15.0. The Labute approximate surface area is 137 Å². The van der Waals surface area contributed by atoms with Crippen molar-refractivity contribution in [3.8, 4) is 16.8 Å². The van der Waals surface area contributed by atoms with Crippen molar-refractivity contribution >= 4 is 11.0 Å². The van der Waals surface area contributed by atoms with Gasteiger partial charge < -0.3 is 9.55 Å². The number of rotatable bonds is 2. The maximum Gasteiger partial charge on any atom is 0.260 e. The Balaban J connectivity index is 2.03. The molecule has 2 heterocycles. The molecule has 0 saturated carbocycles. The number of nitrogens with zero attached hydrogens (tertiary/aromatic N) is 2. The third kappa shape index (κ3) is 2.31. The van der Waals surface area contributed by atoms with Gasteiger partial charge in [0.15, 0.2) is 5.65 Å². The fraction of sp³-hybridized carbons (Fsp3) is 0.0526. The zero-order valence-corrected chi connectivity index (χ0v) is 13.0. The number of hydrogen-bond donors (Lipinski definition) is 1. The van der Waals surface area contributed by atoms with Gasteiger partial charge in [0.25, 0.3) is 5.56 Å². The first-order chi connectivity index (χ1) is 11.6. The minimum atomic E-state index is -0.306. The number of halogens is 1. The van der Waals surface area contributed by atoms with Crippen LogP contribution >= 0.6 is 0 Å². The Hall–Kier alpha value is -3.21. The summed E-state index contributed by atoms with van der Waals surface area (Å²) in [4.78, 5) is 19.3. The predicted molar refractivity (Wildman–Crippen MR) is 91.8 cm³/mol. The molecule has 0 unspecified atom stereocenters. The Kier molecular flexibility index (Phi) is 3.27. The summed E-state index contributed by atoms with van der Waals surface area (Å²) in [6.07, 6.45) is 3.24. The van der Waals surface area contributed by atoms with E-state index in [2.05, 4.69) is 9.97 Å². The third-order valence-corrected chi connectivity index (χ3v) is 4.06. The number of nitrogens with one attached hydrogen (secondary N) is 1. The summed E-state index contributed by atoms with van der Waals surface area (Å²) in [7, 11) is 0. The Bertz CT molecular complexity index is 1080. The van der Waals surface area contributed by atoms with Crippen molar-refractivity contribution in [2.24, 2.45) is 0 Å². The van der Waals surface area contributed by atoms with Crippen molar-refractivity contribution in [3.05, 3.63) is 82.8 Å². The van der Waals surface area contributed by atoms with E-state index in [0.717, 1.165) is 22.4 Å². The molecule has 118 valence electrons. The fourth-order valence-electron chi connectivity index (χ4n) is 2.82. The molecule has 4 aromatic rings. The molecular formula is C19H14FN3O. The van der Waals surface area contributed by atoms with Gasteiger partial charge in [0.1, 0.15) is 5.82 Å². The van der Waals surface area contributed by atoms with E-state index >= 15 is 0 Å². The predicted octanol–water partition coefficient (Wildman–Crippen LogP) is 3.83. The van der Waals surface area contributed by atoms with Crippen LogP contribution < -0.4 is 5.56 Å². The number of hydrogen-bond acceptors (Lipinski definition) is 2. The number of fused-ring (bicyclic) bond motifs is 1. The highest BCUT2D eigenvalue weighted by molar-refractivity contribution is 5.94. The first kappa shape index (κ1) is 14.4. The van der Waals surface area contributed by atoms with Crippen LogP contribution in [0.5, 0.6) is 0 Å². The maximum absolute atomic E-state index is 13.2. The quantitative estimate of drug-likeness (QED) is 0.610. The maximum atomic E-state index is 13.2. The highest BCUT2D eigenvalue weighted by atomic mass is 19.1. The number of aryl methyl sites for hydroxylation is 1. The van der Waals surface area contributed by atoms with E-state index < -0.39 is 0 Å². The third-order valence-electron chi connectivity index (χ3n) is 4.06. The lowest BCUT2D eigenvalue weighted by atomic mass is 10.1. The zero-order valence-electron chi connectivity index (χ0n) is 13.0. The Morgan fingerprint density at radius 1 is 1.04 bits per heavy atom. The second kappa shape index (κ2) is 5.45. The van der Waals surface area contributed by atoms with Crippen molar-refractivity contribution in [2.45, 2.75) is 6.92 Å². The molecule has 0 spiro atoms. The SMILES string of the molecule is Cc1ccc(-c2cn(-c3ccc(F)cc3)c3nc[nH]c(=O)c23)cc1. The molecule has 4 nitrogen and oxygen atoms in total. The van der Waals surface area contributed by atoms with Gasteiger partial charge in [-0.1, -0.05) is 29.8 Å². The molecule has 4 rings (SSSR count). The van der Waals surface area contributed by atoms with Gasteiger partial charge in [-0.2, -0.15) is 0 Å². The molecule has 0 atom stereocenters. The molecule has 0 amide bonds. The summed E-state index contributed by atoms with van der Waals surface area (Å²) in [6, 6.07) is 14.1. The second-order valence-corrected chi connectivity index (χ2v) is 5.69. The lowest BCUT2D eigenvalue weighted by molar-refractivity contribution is 0.627. The minimum Gasteiger partial charge on any atom is -0.312 e. The van der Waals surface area contributed by atoms with E-state index in [0.29, 0.717) is 11.0 Å². The van der Waals surface area contributed by atoms with Crippen LogP contribution in [0.15, 0.2) is 65.8 Å². The molecule has 2 aromatic heterocycles. The number of aromatic amines is 1. The Morgan fingerprint density at radius 2 is 1.75 bits per heavy atom. The molecule has 0 radical (unpaired) electrons. The molecule has 2 aromatic carbocycles. The van der Waals surface area contributed by atoms with Gasteiger partial charge in [-0.25, -0.2) is 9.37 Å². The van der Waals surface area contributed by atoms with E-state index in [-0.39, 0.29) is 11.4 Å². The molecule has 0 saturated heterocycles. The fourth-order valence-corrected chi connectivity index (χ4v) is 2.82. The minimum absolute atomic E-state index is 0.198. The monoisotopic (exact) mass is 319 g/mol. The standard InChI is InChI=1S/C19H14FN3O/c1-12-2-4-13(5-3-12)16-10-23(15-8-6-14(20)7-9-15)18-17(16)19(24)22-11-21-18/h2-11H,1H3,(H,21,22,24). The molecule has 0 fully saturated rings. The van der Waals surface area contributed by atoms with Crippen LogP contribution in [-0.4, -0.2) is 14.5 Å². The Morgan fingerprint density at radius 3 is 2.46 bits per heavy atom. The van der Waals surface area contributed by atoms with E-state index in [1.807, 2.05) is 37.4 Å². The van der Waals surface area contributed by atoms with Crippen LogP contribution in [0.3, 0.4) is 0 Å². The summed E-state index contributed by atoms with van der Waals surface area (Å²) in [5.41, 5.74) is 3.97. The van der Waals surface area contributed by atoms with Crippen LogP contribution in [-0.2, 0) is 0 Å². The van der Waals surface area contributed by atoms with E-state index in [4.69, 9.17) is 0 Å². The zero-order chi connectivity index (χ0) is 16.7. The van der Waals surface area contributed by atoms with E-state index in [9.17, 15) is 9.18 Å². The normalized spacial score (nSPS) is 11.1. The van der Waals surface area contributed by atoms with Crippen molar-refractivity contribution in [1.29, 1.82) is 0 Å². The summed E-state index contributed by atoms with van der Waals surface area (Å²) >= 11 is 0. The van der Waals surface area contributed by atoms with E-state index in [1.54, 1.807) is 16.7 Å². The van der Waals surface area contributed by atoms with Gasteiger partial charge in [-0.15, -0.1) is 0 Å². The molecule has 0 aliphatic carbocycles. The highest BCUT2D eigenvalue weighted by Gasteiger charge is 2.15.